The molecule has 4 rings (SSSR count). The Morgan fingerprint density at radius 2 is 1.90 bits per heavy atom. The SMILES string of the molecule is Cc1nn(-c2ccccc2)c(C)c1[C@H]1COCCN1C(=O)CCc1ccncc1. The largest absolute Gasteiger partial charge is 0.377 e. The van der Waals surface area contributed by atoms with Gasteiger partial charge in [0.2, 0.25) is 5.91 Å². The number of aryl methyl sites for hydroxylation is 2. The first kappa shape index (κ1) is 19.3. The lowest BCUT2D eigenvalue weighted by atomic mass is 10.0. The summed E-state index contributed by atoms with van der Waals surface area (Å²) < 4.78 is 7.72. The summed E-state index contributed by atoms with van der Waals surface area (Å²) in [5.41, 5.74) is 5.23. The molecule has 1 aromatic carbocycles. The van der Waals surface area contributed by atoms with Crippen LogP contribution >= 0.6 is 0 Å². The van der Waals surface area contributed by atoms with Gasteiger partial charge in [-0.1, -0.05) is 18.2 Å². The second-order valence-corrected chi connectivity index (χ2v) is 7.37. The molecule has 0 radical (unpaired) electrons. The van der Waals surface area contributed by atoms with Crippen LogP contribution in [0.15, 0.2) is 54.9 Å². The van der Waals surface area contributed by atoms with E-state index < -0.39 is 0 Å². The summed E-state index contributed by atoms with van der Waals surface area (Å²) >= 11 is 0. The third-order valence-electron chi connectivity index (χ3n) is 5.51. The maximum Gasteiger partial charge on any atom is 0.223 e. The summed E-state index contributed by atoms with van der Waals surface area (Å²) in [5, 5.41) is 4.76. The smallest absolute Gasteiger partial charge is 0.223 e. The van der Waals surface area contributed by atoms with Crippen LogP contribution in [0.1, 0.15) is 35.0 Å². The highest BCUT2D eigenvalue weighted by Crippen LogP contribution is 2.31. The Morgan fingerprint density at radius 1 is 1.14 bits per heavy atom. The molecular weight excluding hydrogens is 364 g/mol. The lowest BCUT2D eigenvalue weighted by Crippen LogP contribution is -2.43. The zero-order valence-corrected chi connectivity index (χ0v) is 16.9. The van der Waals surface area contributed by atoms with Gasteiger partial charge >= 0.3 is 0 Å². The standard InChI is InChI=1S/C23H26N4O2/c1-17-23(18(2)27(25-17)20-6-4-3-5-7-20)21-16-29-15-14-26(21)22(28)9-8-19-10-12-24-13-11-19/h3-7,10-13,21H,8-9,14-16H2,1-2H3/t21-/m1/s1. The molecule has 1 aliphatic rings. The van der Waals surface area contributed by atoms with Crippen LogP contribution in [0.3, 0.4) is 0 Å². The fourth-order valence-corrected chi connectivity index (χ4v) is 4.04. The van der Waals surface area contributed by atoms with Gasteiger partial charge in [0.05, 0.1) is 30.6 Å². The first-order valence-corrected chi connectivity index (χ1v) is 10.0. The zero-order chi connectivity index (χ0) is 20.2. The molecule has 0 N–H and O–H groups in total. The minimum absolute atomic E-state index is 0.105. The van der Waals surface area contributed by atoms with Gasteiger partial charge < -0.3 is 9.64 Å². The summed E-state index contributed by atoms with van der Waals surface area (Å²) in [6.07, 6.45) is 4.72. The molecule has 1 amide bonds. The summed E-state index contributed by atoms with van der Waals surface area (Å²) in [4.78, 5) is 19.1. The average molecular weight is 390 g/mol. The summed E-state index contributed by atoms with van der Waals surface area (Å²) in [6.45, 7) is 5.76. The van der Waals surface area contributed by atoms with E-state index in [9.17, 15) is 4.79 Å². The van der Waals surface area contributed by atoms with Gasteiger partial charge in [0.1, 0.15) is 0 Å². The monoisotopic (exact) mass is 390 g/mol. The third-order valence-corrected chi connectivity index (χ3v) is 5.51. The molecule has 3 heterocycles. The number of aromatic nitrogens is 3. The number of pyridine rings is 1. The number of carbonyl (C=O) groups is 1. The molecule has 29 heavy (non-hydrogen) atoms. The van der Waals surface area contributed by atoms with E-state index in [1.165, 1.54) is 0 Å². The molecule has 3 aromatic rings. The van der Waals surface area contributed by atoms with Crippen molar-refractivity contribution in [3.8, 4) is 5.69 Å². The maximum absolute atomic E-state index is 13.1. The maximum atomic E-state index is 13.1. The topological polar surface area (TPSA) is 60.2 Å². The van der Waals surface area contributed by atoms with E-state index in [1.807, 2.05) is 59.0 Å². The zero-order valence-electron chi connectivity index (χ0n) is 16.9. The highest BCUT2D eigenvalue weighted by Gasteiger charge is 2.32. The van der Waals surface area contributed by atoms with Gasteiger partial charge in [-0.15, -0.1) is 0 Å². The second kappa shape index (κ2) is 8.57. The highest BCUT2D eigenvalue weighted by atomic mass is 16.5. The van der Waals surface area contributed by atoms with Gasteiger partial charge in [0.25, 0.3) is 0 Å². The van der Waals surface area contributed by atoms with Gasteiger partial charge in [-0.25, -0.2) is 4.68 Å². The van der Waals surface area contributed by atoms with Gasteiger partial charge in [-0.3, -0.25) is 9.78 Å². The molecule has 0 unspecified atom stereocenters. The van der Waals surface area contributed by atoms with Crippen LogP contribution < -0.4 is 0 Å². The Balaban J connectivity index is 1.58. The second-order valence-electron chi connectivity index (χ2n) is 7.37. The van der Waals surface area contributed by atoms with Crippen molar-refractivity contribution in [1.82, 2.24) is 19.7 Å². The van der Waals surface area contributed by atoms with Gasteiger partial charge in [-0.05, 0) is 50.1 Å². The number of ether oxygens (including phenoxy) is 1. The summed E-state index contributed by atoms with van der Waals surface area (Å²) in [5.74, 6) is 0.154. The molecule has 1 atom stereocenters. The molecule has 0 bridgehead atoms. The van der Waals surface area contributed by atoms with E-state index in [2.05, 4.69) is 11.9 Å². The Morgan fingerprint density at radius 3 is 2.66 bits per heavy atom. The normalized spacial score (nSPS) is 16.8. The minimum Gasteiger partial charge on any atom is -0.377 e. The fourth-order valence-electron chi connectivity index (χ4n) is 4.04. The number of morpholine rings is 1. The van der Waals surface area contributed by atoms with Crippen molar-refractivity contribution in [3.05, 3.63) is 77.4 Å². The highest BCUT2D eigenvalue weighted by molar-refractivity contribution is 5.77. The van der Waals surface area contributed by atoms with Gasteiger partial charge in [0.15, 0.2) is 0 Å². The van der Waals surface area contributed by atoms with Gasteiger partial charge in [0, 0.05) is 36.6 Å². The molecule has 6 heteroatoms. The van der Waals surface area contributed by atoms with E-state index in [1.54, 1.807) is 12.4 Å². The van der Waals surface area contributed by atoms with Gasteiger partial charge in [-0.2, -0.15) is 5.10 Å². The van der Waals surface area contributed by atoms with Crippen molar-refractivity contribution in [2.75, 3.05) is 19.8 Å². The fraction of sp³-hybridized carbons (Fsp3) is 0.348. The molecule has 2 aromatic heterocycles. The third kappa shape index (κ3) is 4.07. The van der Waals surface area contributed by atoms with E-state index in [-0.39, 0.29) is 11.9 Å². The van der Waals surface area contributed by atoms with Crippen molar-refractivity contribution in [3.63, 3.8) is 0 Å². The first-order chi connectivity index (χ1) is 14.1. The van der Waals surface area contributed by atoms with Crippen LogP contribution in [0.25, 0.3) is 5.69 Å². The minimum atomic E-state index is -0.105. The Kier molecular flexibility index (Phi) is 5.71. The van der Waals surface area contributed by atoms with Crippen molar-refractivity contribution in [1.29, 1.82) is 0 Å². The van der Waals surface area contributed by atoms with Crippen LogP contribution in [-0.2, 0) is 16.0 Å². The number of hydrogen-bond donors (Lipinski definition) is 0. The lowest BCUT2D eigenvalue weighted by molar-refractivity contribution is -0.140. The predicted molar refractivity (Wildman–Crippen MR) is 111 cm³/mol. The molecule has 0 aliphatic carbocycles. The van der Waals surface area contributed by atoms with Crippen LogP contribution in [0.5, 0.6) is 0 Å². The quantitative estimate of drug-likeness (QED) is 0.670. The first-order valence-electron chi connectivity index (χ1n) is 10.0. The summed E-state index contributed by atoms with van der Waals surface area (Å²) in [6, 6.07) is 13.9. The average Bonchev–Trinajstić information content (AvgIpc) is 3.07. The van der Waals surface area contributed by atoms with Crippen LogP contribution in [0.4, 0.5) is 0 Å². The molecule has 1 aliphatic heterocycles. The number of carbonyl (C=O) groups excluding carboxylic acids is 1. The number of amides is 1. The molecule has 0 saturated carbocycles. The van der Waals surface area contributed by atoms with E-state index in [0.717, 1.165) is 28.2 Å². The van der Waals surface area contributed by atoms with Crippen molar-refractivity contribution in [2.24, 2.45) is 0 Å². The Bertz CT molecular complexity index is 969. The van der Waals surface area contributed by atoms with Crippen LogP contribution in [-0.4, -0.2) is 45.3 Å². The number of hydrogen-bond acceptors (Lipinski definition) is 4. The molecule has 0 spiro atoms. The van der Waals surface area contributed by atoms with E-state index >= 15 is 0 Å². The molecule has 6 nitrogen and oxygen atoms in total. The van der Waals surface area contributed by atoms with Crippen molar-refractivity contribution < 1.29 is 9.53 Å². The molecule has 1 fully saturated rings. The lowest BCUT2D eigenvalue weighted by Gasteiger charge is -2.36. The van der Waals surface area contributed by atoms with Crippen molar-refractivity contribution >= 4 is 5.91 Å². The number of nitrogens with zero attached hydrogens (tertiary/aromatic N) is 4. The Hall–Kier alpha value is -2.99. The van der Waals surface area contributed by atoms with E-state index in [4.69, 9.17) is 9.84 Å². The molecular formula is C23H26N4O2. The number of para-hydroxylation sites is 1. The Labute approximate surface area is 171 Å². The van der Waals surface area contributed by atoms with Crippen molar-refractivity contribution in [2.45, 2.75) is 32.7 Å². The number of benzene rings is 1. The van der Waals surface area contributed by atoms with E-state index in [0.29, 0.717) is 32.6 Å². The summed E-state index contributed by atoms with van der Waals surface area (Å²) in [7, 11) is 0. The number of rotatable bonds is 5. The predicted octanol–water partition coefficient (Wildman–Crippen LogP) is 3.42. The molecule has 1 saturated heterocycles. The molecule has 150 valence electrons. The van der Waals surface area contributed by atoms with Crippen LogP contribution in [0, 0.1) is 13.8 Å². The van der Waals surface area contributed by atoms with Crippen LogP contribution in [0.2, 0.25) is 0 Å².